The molecule has 7 nitrogen and oxygen atoms in total. The molecule has 8 heteroatoms. The van der Waals surface area contributed by atoms with Crippen molar-refractivity contribution in [3.05, 3.63) is 34.5 Å². The molecule has 0 aliphatic heterocycles. The van der Waals surface area contributed by atoms with E-state index in [9.17, 15) is 4.79 Å². The van der Waals surface area contributed by atoms with E-state index in [1.54, 1.807) is 30.2 Å². The van der Waals surface area contributed by atoms with E-state index in [-0.39, 0.29) is 11.9 Å². The molecule has 1 amide bonds. The number of hydrogen-bond donors (Lipinski definition) is 2. The first kappa shape index (κ1) is 14.4. The van der Waals surface area contributed by atoms with Crippen LogP contribution in [0.1, 0.15) is 29.1 Å². The number of hydrogen-bond acceptors (Lipinski definition) is 5. The molecule has 2 aromatic heterocycles. The van der Waals surface area contributed by atoms with E-state index in [4.69, 9.17) is 0 Å². The molecule has 0 saturated carbocycles. The van der Waals surface area contributed by atoms with Gasteiger partial charge in [-0.1, -0.05) is 0 Å². The lowest BCUT2D eigenvalue weighted by Gasteiger charge is -2.14. The van der Waals surface area contributed by atoms with Crippen LogP contribution in [0.3, 0.4) is 0 Å². The topological polar surface area (TPSA) is 84.7 Å². The molecule has 2 N–H and O–H groups in total. The zero-order valence-corrected chi connectivity index (χ0v) is 13.0. The first-order chi connectivity index (χ1) is 9.52. The molecule has 2 aromatic rings. The minimum absolute atomic E-state index is 0.223. The molecule has 0 bridgehead atoms. The van der Waals surface area contributed by atoms with Crippen LogP contribution in [-0.4, -0.2) is 32.7 Å². The molecule has 2 rings (SSSR count). The van der Waals surface area contributed by atoms with Crippen LogP contribution >= 0.6 is 15.9 Å². The largest absolute Gasteiger partial charge is 0.372 e. The summed E-state index contributed by atoms with van der Waals surface area (Å²) >= 11 is 3.31. The third kappa shape index (κ3) is 2.96. The number of carbonyl (C=O) groups is 1. The van der Waals surface area contributed by atoms with Crippen LogP contribution in [0.4, 0.5) is 5.82 Å². The smallest absolute Gasteiger partial charge is 0.255 e. The van der Waals surface area contributed by atoms with Gasteiger partial charge in [-0.3, -0.25) is 4.79 Å². The van der Waals surface area contributed by atoms with Gasteiger partial charge in [0.05, 0.1) is 11.6 Å². The van der Waals surface area contributed by atoms with Gasteiger partial charge in [-0.15, -0.1) is 10.2 Å². The van der Waals surface area contributed by atoms with Crippen LogP contribution in [0, 0.1) is 0 Å². The van der Waals surface area contributed by atoms with Gasteiger partial charge in [0.1, 0.15) is 12.1 Å². The molecule has 0 radical (unpaired) electrons. The summed E-state index contributed by atoms with van der Waals surface area (Å²) in [5.41, 5.74) is 0.468. The predicted octanol–water partition coefficient (Wildman–Crippen LogP) is 1.51. The highest BCUT2D eigenvalue weighted by molar-refractivity contribution is 9.10. The molecule has 0 aromatic carbocycles. The van der Waals surface area contributed by atoms with E-state index in [1.807, 2.05) is 14.0 Å². The van der Waals surface area contributed by atoms with E-state index >= 15 is 0 Å². The van der Waals surface area contributed by atoms with Gasteiger partial charge in [0.15, 0.2) is 5.82 Å². The molecular weight excluding hydrogens is 324 g/mol. The Labute approximate surface area is 124 Å². The van der Waals surface area contributed by atoms with E-state index in [1.165, 1.54) is 0 Å². The second kappa shape index (κ2) is 6.00. The van der Waals surface area contributed by atoms with Crippen LogP contribution in [-0.2, 0) is 7.05 Å². The van der Waals surface area contributed by atoms with Crippen molar-refractivity contribution in [2.24, 2.45) is 7.05 Å². The van der Waals surface area contributed by atoms with Gasteiger partial charge in [-0.05, 0) is 28.9 Å². The highest BCUT2D eigenvalue weighted by Gasteiger charge is 2.18. The summed E-state index contributed by atoms with van der Waals surface area (Å²) in [5, 5.41) is 13.6. The second-order valence-electron chi connectivity index (χ2n) is 4.29. The fourth-order valence-corrected chi connectivity index (χ4v) is 2.17. The summed E-state index contributed by atoms with van der Waals surface area (Å²) in [5.74, 6) is 0.988. The van der Waals surface area contributed by atoms with Crippen molar-refractivity contribution in [2.75, 3.05) is 12.4 Å². The highest BCUT2D eigenvalue weighted by Crippen LogP contribution is 2.18. The van der Waals surface area contributed by atoms with Crippen LogP contribution in [0.25, 0.3) is 0 Å². The average Bonchev–Trinajstić information content (AvgIpc) is 2.85. The summed E-state index contributed by atoms with van der Waals surface area (Å²) < 4.78 is 2.51. The number of aryl methyl sites for hydroxylation is 1. The van der Waals surface area contributed by atoms with Crippen molar-refractivity contribution in [1.29, 1.82) is 0 Å². The van der Waals surface area contributed by atoms with Crippen molar-refractivity contribution >= 4 is 27.7 Å². The Morgan fingerprint density at radius 3 is 2.85 bits per heavy atom. The summed E-state index contributed by atoms with van der Waals surface area (Å²) in [6, 6.07) is 1.47. The maximum Gasteiger partial charge on any atom is 0.255 e. The summed E-state index contributed by atoms with van der Waals surface area (Å²) in [6.45, 7) is 1.85. The molecule has 1 unspecified atom stereocenters. The van der Waals surface area contributed by atoms with Crippen molar-refractivity contribution in [3.63, 3.8) is 0 Å². The lowest BCUT2D eigenvalue weighted by Crippen LogP contribution is -2.29. The number of carbonyl (C=O) groups excluding carboxylic acids is 1. The molecule has 20 heavy (non-hydrogen) atoms. The minimum atomic E-state index is -0.251. The summed E-state index contributed by atoms with van der Waals surface area (Å²) in [7, 11) is 3.55. The second-order valence-corrected chi connectivity index (χ2v) is 5.21. The van der Waals surface area contributed by atoms with Crippen molar-refractivity contribution in [1.82, 2.24) is 25.1 Å². The Morgan fingerprint density at radius 1 is 1.50 bits per heavy atom. The molecule has 2 heterocycles. The molecular formula is C12H15BrN6O. The maximum absolute atomic E-state index is 12.3. The number of nitrogens with one attached hydrogen (secondary N) is 2. The van der Waals surface area contributed by atoms with E-state index in [0.717, 1.165) is 4.47 Å². The Hall–Kier alpha value is -1.96. The minimum Gasteiger partial charge on any atom is -0.372 e. The average molecular weight is 339 g/mol. The van der Waals surface area contributed by atoms with Crippen LogP contribution in [0.2, 0.25) is 0 Å². The molecule has 0 spiro atoms. The molecule has 106 valence electrons. The summed E-state index contributed by atoms with van der Waals surface area (Å²) in [6.07, 6.45) is 3.23. The Balaban J connectivity index is 2.20. The SMILES string of the molecule is CNc1ncc(Br)cc1C(=O)NC(C)c1nncn1C. The third-order valence-corrected chi connectivity index (χ3v) is 3.25. The molecule has 0 fully saturated rings. The van der Waals surface area contributed by atoms with Crippen molar-refractivity contribution in [3.8, 4) is 0 Å². The fraction of sp³-hybridized carbons (Fsp3) is 0.333. The molecule has 0 aliphatic rings. The predicted molar refractivity (Wildman–Crippen MR) is 78.4 cm³/mol. The number of amides is 1. The zero-order chi connectivity index (χ0) is 14.7. The first-order valence-corrected chi connectivity index (χ1v) is 6.80. The van der Waals surface area contributed by atoms with E-state index in [2.05, 4.69) is 41.7 Å². The van der Waals surface area contributed by atoms with Crippen LogP contribution in [0.15, 0.2) is 23.1 Å². The monoisotopic (exact) mass is 338 g/mol. The molecule has 0 saturated heterocycles. The number of pyridine rings is 1. The summed E-state index contributed by atoms with van der Waals surface area (Å²) in [4.78, 5) is 16.5. The normalized spacial score (nSPS) is 12.0. The van der Waals surface area contributed by atoms with Crippen molar-refractivity contribution < 1.29 is 4.79 Å². The zero-order valence-electron chi connectivity index (χ0n) is 11.4. The lowest BCUT2D eigenvalue weighted by molar-refractivity contribution is 0.0938. The Morgan fingerprint density at radius 2 is 2.25 bits per heavy atom. The first-order valence-electron chi connectivity index (χ1n) is 6.01. The van der Waals surface area contributed by atoms with Crippen LogP contribution in [0.5, 0.6) is 0 Å². The van der Waals surface area contributed by atoms with Crippen LogP contribution < -0.4 is 10.6 Å². The Kier molecular flexibility index (Phi) is 4.33. The quantitative estimate of drug-likeness (QED) is 0.882. The number of aromatic nitrogens is 4. The van der Waals surface area contributed by atoms with Gasteiger partial charge in [0.2, 0.25) is 0 Å². The van der Waals surface area contributed by atoms with Gasteiger partial charge in [-0.2, -0.15) is 0 Å². The molecule has 1 atom stereocenters. The number of halogens is 1. The van der Waals surface area contributed by atoms with Gasteiger partial charge in [-0.25, -0.2) is 4.98 Å². The highest BCUT2D eigenvalue weighted by atomic mass is 79.9. The van der Waals surface area contributed by atoms with Gasteiger partial charge in [0.25, 0.3) is 5.91 Å². The fourth-order valence-electron chi connectivity index (χ4n) is 1.83. The van der Waals surface area contributed by atoms with Gasteiger partial charge in [0, 0.05) is 24.8 Å². The van der Waals surface area contributed by atoms with E-state index in [0.29, 0.717) is 17.2 Å². The van der Waals surface area contributed by atoms with Crippen molar-refractivity contribution in [2.45, 2.75) is 13.0 Å². The third-order valence-electron chi connectivity index (χ3n) is 2.82. The Bertz CT molecular complexity index is 626. The van der Waals surface area contributed by atoms with Gasteiger partial charge < -0.3 is 15.2 Å². The number of anilines is 1. The van der Waals surface area contributed by atoms with Gasteiger partial charge >= 0.3 is 0 Å². The lowest BCUT2D eigenvalue weighted by atomic mass is 10.2. The number of rotatable bonds is 4. The van der Waals surface area contributed by atoms with E-state index < -0.39 is 0 Å². The number of nitrogens with zero attached hydrogens (tertiary/aromatic N) is 4. The molecule has 0 aliphatic carbocycles. The maximum atomic E-state index is 12.3. The standard InChI is InChI=1S/C12H15BrN6O/c1-7(11-18-16-6-19(11)3)17-12(20)9-4-8(13)5-15-10(9)14-2/h4-7H,1-3H3,(H,14,15)(H,17,20).